The van der Waals surface area contributed by atoms with E-state index in [1.807, 2.05) is 31.2 Å². The van der Waals surface area contributed by atoms with Gasteiger partial charge >= 0.3 is 0 Å². The number of carbonyl (C=O) groups is 1. The summed E-state index contributed by atoms with van der Waals surface area (Å²) in [5, 5.41) is 3.48. The van der Waals surface area contributed by atoms with Crippen molar-refractivity contribution in [3.05, 3.63) is 41.2 Å². The van der Waals surface area contributed by atoms with E-state index in [0.29, 0.717) is 11.6 Å². The van der Waals surface area contributed by atoms with Crippen LogP contribution in [0.15, 0.2) is 30.5 Å². The molecule has 1 amide bonds. The maximum atomic E-state index is 11.8. The van der Waals surface area contributed by atoms with Crippen molar-refractivity contribution in [2.75, 3.05) is 5.32 Å². The minimum Gasteiger partial charge on any atom is -0.342 e. The topological polar surface area (TPSA) is 70.7 Å². The number of benzene rings is 1. The summed E-state index contributed by atoms with van der Waals surface area (Å²) >= 11 is 1.49. The number of aromatic nitrogens is 3. The highest BCUT2D eigenvalue weighted by Crippen LogP contribution is 2.17. The third-order valence-corrected chi connectivity index (χ3v) is 3.95. The maximum absolute atomic E-state index is 11.8. The molecule has 0 saturated heterocycles. The van der Waals surface area contributed by atoms with Crippen molar-refractivity contribution in [2.24, 2.45) is 0 Å². The van der Waals surface area contributed by atoms with E-state index in [4.69, 9.17) is 0 Å². The first kappa shape index (κ1) is 13.8. The molecule has 5 nitrogen and oxygen atoms in total. The predicted molar refractivity (Wildman–Crippen MR) is 84.5 cm³/mol. The Bertz CT molecular complexity index is 729. The summed E-state index contributed by atoms with van der Waals surface area (Å²) in [5.74, 6) is 0.926. The summed E-state index contributed by atoms with van der Waals surface area (Å²) in [4.78, 5) is 24.8. The van der Waals surface area contributed by atoms with E-state index in [1.165, 1.54) is 11.3 Å². The quantitative estimate of drug-likeness (QED) is 0.759. The van der Waals surface area contributed by atoms with Crippen LogP contribution in [0.4, 0.5) is 5.13 Å². The van der Waals surface area contributed by atoms with Gasteiger partial charge in [-0.2, -0.15) is 0 Å². The van der Waals surface area contributed by atoms with Crippen molar-refractivity contribution in [3.63, 3.8) is 0 Å². The summed E-state index contributed by atoms with van der Waals surface area (Å²) in [6.07, 6.45) is 3.75. The van der Waals surface area contributed by atoms with E-state index in [0.717, 1.165) is 34.6 Å². The molecule has 3 rings (SSSR count). The summed E-state index contributed by atoms with van der Waals surface area (Å²) in [7, 11) is 0. The number of para-hydroxylation sites is 2. The Morgan fingerprint density at radius 2 is 2.24 bits per heavy atom. The fourth-order valence-corrected chi connectivity index (χ4v) is 2.82. The molecular weight excluding hydrogens is 284 g/mol. The van der Waals surface area contributed by atoms with Crippen LogP contribution >= 0.6 is 11.3 Å². The van der Waals surface area contributed by atoms with Crippen LogP contribution in [-0.4, -0.2) is 20.9 Å². The van der Waals surface area contributed by atoms with Gasteiger partial charge in [0.15, 0.2) is 5.13 Å². The molecule has 0 aliphatic heterocycles. The lowest BCUT2D eigenvalue weighted by atomic mass is 10.2. The monoisotopic (exact) mass is 300 g/mol. The summed E-state index contributed by atoms with van der Waals surface area (Å²) in [6, 6.07) is 7.93. The molecule has 0 spiro atoms. The molecule has 0 atom stereocenters. The number of H-pyrrole nitrogens is 1. The summed E-state index contributed by atoms with van der Waals surface area (Å²) in [6.45, 7) is 1.97. The van der Waals surface area contributed by atoms with Crippen molar-refractivity contribution in [1.29, 1.82) is 0 Å². The van der Waals surface area contributed by atoms with Crippen LogP contribution in [0.2, 0.25) is 0 Å². The van der Waals surface area contributed by atoms with Gasteiger partial charge in [0.1, 0.15) is 5.82 Å². The first-order chi connectivity index (χ1) is 10.2. The molecule has 0 radical (unpaired) electrons. The Morgan fingerprint density at radius 3 is 3.00 bits per heavy atom. The fourth-order valence-electron chi connectivity index (χ4n) is 2.13. The van der Waals surface area contributed by atoms with Crippen LogP contribution in [0.3, 0.4) is 0 Å². The molecule has 6 heteroatoms. The standard InChI is InChI=1S/C15H16N4OS/c1-10-9-16-15(21-10)19-14(20)8-4-7-13-17-11-5-2-3-6-12(11)18-13/h2-3,5-6,9H,4,7-8H2,1H3,(H,17,18)(H,16,19,20). The van der Waals surface area contributed by atoms with Gasteiger partial charge in [0.05, 0.1) is 11.0 Å². The Morgan fingerprint density at radius 1 is 1.38 bits per heavy atom. The number of fused-ring (bicyclic) bond motifs is 1. The summed E-state index contributed by atoms with van der Waals surface area (Å²) in [5.41, 5.74) is 2.01. The molecule has 0 fully saturated rings. The molecule has 0 unspecified atom stereocenters. The van der Waals surface area contributed by atoms with E-state index in [9.17, 15) is 4.79 Å². The number of aryl methyl sites for hydroxylation is 2. The van der Waals surface area contributed by atoms with E-state index < -0.39 is 0 Å². The number of hydrogen-bond acceptors (Lipinski definition) is 4. The number of nitrogens with zero attached hydrogens (tertiary/aromatic N) is 2. The molecule has 0 aliphatic carbocycles. The van der Waals surface area contributed by atoms with Gasteiger partial charge in [0.25, 0.3) is 0 Å². The van der Waals surface area contributed by atoms with Gasteiger partial charge in [-0.3, -0.25) is 4.79 Å². The second-order valence-corrected chi connectivity index (χ2v) is 6.11. The molecule has 0 aliphatic rings. The number of hydrogen-bond donors (Lipinski definition) is 2. The van der Waals surface area contributed by atoms with Crippen LogP contribution in [0.1, 0.15) is 23.5 Å². The number of thiazole rings is 1. The van der Waals surface area contributed by atoms with E-state index in [2.05, 4.69) is 20.3 Å². The van der Waals surface area contributed by atoms with E-state index >= 15 is 0 Å². The molecule has 1 aromatic carbocycles. The highest BCUT2D eigenvalue weighted by atomic mass is 32.1. The first-order valence-corrected chi connectivity index (χ1v) is 7.68. The Balaban J connectivity index is 1.50. The Hall–Kier alpha value is -2.21. The van der Waals surface area contributed by atoms with Gasteiger partial charge in [0, 0.05) is 23.9 Å². The average Bonchev–Trinajstić information content (AvgIpc) is 3.04. The third-order valence-electron chi connectivity index (χ3n) is 3.12. The number of amides is 1. The number of rotatable bonds is 5. The highest BCUT2D eigenvalue weighted by molar-refractivity contribution is 7.15. The zero-order chi connectivity index (χ0) is 14.7. The molecule has 2 heterocycles. The van der Waals surface area contributed by atoms with Crippen molar-refractivity contribution in [3.8, 4) is 0 Å². The second kappa shape index (κ2) is 6.05. The van der Waals surface area contributed by atoms with Crippen molar-refractivity contribution in [1.82, 2.24) is 15.0 Å². The number of aromatic amines is 1. The number of carbonyl (C=O) groups excluding carboxylic acids is 1. The zero-order valence-electron chi connectivity index (χ0n) is 11.7. The van der Waals surface area contributed by atoms with Crippen LogP contribution in [0.25, 0.3) is 11.0 Å². The van der Waals surface area contributed by atoms with Crippen molar-refractivity contribution in [2.45, 2.75) is 26.2 Å². The van der Waals surface area contributed by atoms with Gasteiger partial charge in [-0.15, -0.1) is 11.3 Å². The van der Waals surface area contributed by atoms with Crippen LogP contribution in [-0.2, 0) is 11.2 Å². The molecular formula is C15H16N4OS. The number of nitrogens with one attached hydrogen (secondary N) is 2. The highest BCUT2D eigenvalue weighted by Gasteiger charge is 2.07. The Kier molecular flexibility index (Phi) is 3.96. The predicted octanol–water partition coefficient (Wildman–Crippen LogP) is 3.29. The zero-order valence-corrected chi connectivity index (χ0v) is 12.5. The first-order valence-electron chi connectivity index (χ1n) is 6.86. The lowest BCUT2D eigenvalue weighted by Gasteiger charge is -2.00. The maximum Gasteiger partial charge on any atom is 0.226 e. The van der Waals surface area contributed by atoms with Crippen molar-refractivity contribution >= 4 is 33.4 Å². The van der Waals surface area contributed by atoms with Gasteiger partial charge in [0.2, 0.25) is 5.91 Å². The summed E-state index contributed by atoms with van der Waals surface area (Å²) < 4.78 is 0. The SMILES string of the molecule is Cc1cnc(NC(=O)CCCc2nc3ccccc3[nH]2)s1. The molecule has 21 heavy (non-hydrogen) atoms. The largest absolute Gasteiger partial charge is 0.342 e. The normalized spacial score (nSPS) is 10.9. The lowest BCUT2D eigenvalue weighted by molar-refractivity contribution is -0.116. The average molecular weight is 300 g/mol. The molecule has 2 aromatic heterocycles. The Labute approximate surface area is 126 Å². The fraction of sp³-hybridized carbons (Fsp3) is 0.267. The minimum absolute atomic E-state index is 0.000427. The smallest absolute Gasteiger partial charge is 0.226 e. The van der Waals surface area contributed by atoms with Crippen molar-refractivity contribution < 1.29 is 4.79 Å². The van der Waals surface area contributed by atoms with Crippen LogP contribution < -0.4 is 5.32 Å². The number of anilines is 1. The molecule has 2 N–H and O–H groups in total. The van der Waals surface area contributed by atoms with Gasteiger partial charge in [-0.05, 0) is 25.5 Å². The number of imidazole rings is 1. The van der Waals surface area contributed by atoms with E-state index in [1.54, 1.807) is 6.20 Å². The molecule has 108 valence electrons. The van der Waals surface area contributed by atoms with Crippen LogP contribution in [0, 0.1) is 6.92 Å². The molecule has 0 bridgehead atoms. The van der Waals surface area contributed by atoms with Gasteiger partial charge < -0.3 is 10.3 Å². The van der Waals surface area contributed by atoms with Gasteiger partial charge in [-0.1, -0.05) is 12.1 Å². The molecule has 0 saturated carbocycles. The van der Waals surface area contributed by atoms with Crippen LogP contribution in [0.5, 0.6) is 0 Å². The second-order valence-electron chi connectivity index (χ2n) is 4.88. The van der Waals surface area contributed by atoms with E-state index in [-0.39, 0.29) is 5.91 Å². The molecule has 3 aromatic rings. The minimum atomic E-state index is 0.000427. The van der Waals surface area contributed by atoms with Gasteiger partial charge in [-0.25, -0.2) is 9.97 Å². The lowest BCUT2D eigenvalue weighted by Crippen LogP contribution is -2.11. The third kappa shape index (κ3) is 3.46.